The SMILES string of the molecule is CC(C)(C)OC(=O)N[C@@H]1C[C@H](C=O)C[C@@H]1O[Si](C)(C)C(C)(C)C. The molecule has 5 nitrogen and oxygen atoms in total. The van der Waals surface area contributed by atoms with Crippen molar-refractivity contribution in [3.8, 4) is 0 Å². The predicted molar refractivity (Wildman–Crippen MR) is 94.0 cm³/mol. The average molecular weight is 344 g/mol. The average Bonchev–Trinajstić information content (AvgIpc) is 2.66. The largest absolute Gasteiger partial charge is 0.444 e. The van der Waals surface area contributed by atoms with Crippen LogP contribution in [0.1, 0.15) is 54.4 Å². The summed E-state index contributed by atoms with van der Waals surface area (Å²) in [6.45, 7) is 16.4. The Kier molecular flexibility index (Phi) is 6.07. The molecule has 1 rings (SSSR count). The zero-order valence-electron chi connectivity index (χ0n) is 15.9. The number of amides is 1. The molecule has 1 fully saturated rings. The van der Waals surface area contributed by atoms with Crippen molar-refractivity contribution in [1.82, 2.24) is 5.32 Å². The normalized spacial score (nSPS) is 26.0. The van der Waals surface area contributed by atoms with E-state index in [9.17, 15) is 9.59 Å². The van der Waals surface area contributed by atoms with Crippen LogP contribution >= 0.6 is 0 Å². The molecule has 0 aliphatic heterocycles. The molecule has 0 bridgehead atoms. The number of nitrogens with one attached hydrogen (secondary N) is 1. The number of hydrogen-bond donors (Lipinski definition) is 1. The van der Waals surface area contributed by atoms with Crippen molar-refractivity contribution >= 4 is 20.7 Å². The fourth-order valence-electron chi connectivity index (χ4n) is 2.44. The lowest BCUT2D eigenvalue weighted by atomic mass is 10.1. The van der Waals surface area contributed by atoms with Crippen molar-refractivity contribution in [1.29, 1.82) is 0 Å². The lowest BCUT2D eigenvalue weighted by Crippen LogP contribution is -2.50. The molecule has 0 aromatic carbocycles. The van der Waals surface area contributed by atoms with Gasteiger partial charge in [-0.3, -0.25) is 0 Å². The minimum absolute atomic E-state index is 0.0651. The zero-order chi connectivity index (χ0) is 18.1. The summed E-state index contributed by atoms with van der Waals surface area (Å²) in [6, 6.07) is -0.172. The van der Waals surface area contributed by atoms with Crippen LogP contribution in [0.3, 0.4) is 0 Å². The van der Waals surface area contributed by atoms with E-state index in [2.05, 4.69) is 39.2 Å². The summed E-state index contributed by atoms with van der Waals surface area (Å²) in [5.41, 5.74) is -0.539. The first kappa shape index (κ1) is 20.2. The van der Waals surface area contributed by atoms with Crippen molar-refractivity contribution in [3.63, 3.8) is 0 Å². The second-order valence-corrected chi connectivity index (χ2v) is 13.8. The van der Waals surface area contributed by atoms with Crippen LogP contribution in [0.5, 0.6) is 0 Å². The first-order valence-electron chi connectivity index (χ1n) is 8.38. The van der Waals surface area contributed by atoms with Crippen molar-refractivity contribution in [2.75, 3.05) is 0 Å². The van der Waals surface area contributed by atoms with Gasteiger partial charge in [0.15, 0.2) is 8.32 Å². The molecule has 1 saturated carbocycles. The van der Waals surface area contributed by atoms with E-state index in [1.165, 1.54) is 0 Å². The van der Waals surface area contributed by atoms with Gasteiger partial charge in [0.05, 0.1) is 12.1 Å². The summed E-state index contributed by atoms with van der Waals surface area (Å²) in [7, 11) is -1.96. The molecule has 0 aromatic heterocycles. The van der Waals surface area contributed by atoms with Gasteiger partial charge >= 0.3 is 6.09 Å². The zero-order valence-corrected chi connectivity index (χ0v) is 16.9. The monoisotopic (exact) mass is 343 g/mol. The molecule has 0 spiro atoms. The summed E-state index contributed by atoms with van der Waals surface area (Å²) >= 11 is 0. The molecule has 1 amide bonds. The molecular formula is C17H33NO4Si. The van der Waals surface area contributed by atoms with Crippen LogP contribution in [0.4, 0.5) is 4.79 Å². The van der Waals surface area contributed by atoms with Crippen LogP contribution < -0.4 is 5.32 Å². The highest BCUT2D eigenvalue weighted by Crippen LogP contribution is 2.40. The van der Waals surface area contributed by atoms with Gasteiger partial charge < -0.3 is 19.3 Å². The molecule has 3 atom stereocenters. The highest BCUT2D eigenvalue weighted by molar-refractivity contribution is 6.74. The van der Waals surface area contributed by atoms with Gasteiger partial charge in [-0.25, -0.2) is 4.79 Å². The summed E-state index contributed by atoms with van der Waals surface area (Å²) in [6.07, 6.45) is 1.67. The van der Waals surface area contributed by atoms with Gasteiger partial charge in [-0.05, 0) is 51.7 Å². The van der Waals surface area contributed by atoms with Crippen LogP contribution in [0, 0.1) is 5.92 Å². The van der Waals surface area contributed by atoms with Crippen molar-refractivity contribution in [3.05, 3.63) is 0 Å². The maximum Gasteiger partial charge on any atom is 0.407 e. The van der Waals surface area contributed by atoms with E-state index >= 15 is 0 Å². The second kappa shape index (κ2) is 6.93. The Bertz CT molecular complexity index is 437. The fraction of sp³-hybridized carbons (Fsp3) is 0.882. The molecular weight excluding hydrogens is 310 g/mol. The quantitative estimate of drug-likeness (QED) is 0.621. The van der Waals surface area contributed by atoms with Crippen LogP contribution in [0.15, 0.2) is 0 Å². The lowest BCUT2D eigenvalue weighted by molar-refractivity contribution is -0.111. The van der Waals surface area contributed by atoms with Gasteiger partial charge in [0.1, 0.15) is 11.9 Å². The van der Waals surface area contributed by atoms with Gasteiger partial charge in [0.2, 0.25) is 0 Å². The Hall–Kier alpha value is -0.883. The van der Waals surface area contributed by atoms with Gasteiger partial charge in [-0.15, -0.1) is 0 Å². The Morgan fingerprint density at radius 1 is 1.13 bits per heavy atom. The third-order valence-electron chi connectivity index (χ3n) is 4.69. The Morgan fingerprint density at radius 2 is 1.70 bits per heavy atom. The Labute approximate surface area is 141 Å². The van der Waals surface area contributed by atoms with Gasteiger partial charge in [0, 0.05) is 5.92 Å². The number of carbonyl (C=O) groups is 2. The Morgan fingerprint density at radius 3 is 2.13 bits per heavy atom. The second-order valence-electron chi connectivity index (χ2n) is 9.04. The number of alkyl carbamates (subject to hydrolysis) is 1. The van der Waals surface area contributed by atoms with Gasteiger partial charge in [0.25, 0.3) is 0 Å². The minimum Gasteiger partial charge on any atom is -0.444 e. The number of carbonyl (C=O) groups excluding carboxylic acids is 2. The molecule has 0 aromatic rings. The highest BCUT2D eigenvalue weighted by Gasteiger charge is 2.44. The topological polar surface area (TPSA) is 64.6 Å². The van der Waals surface area contributed by atoms with Crippen LogP contribution in [0.2, 0.25) is 18.1 Å². The predicted octanol–water partition coefficient (Wildman–Crippen LogP) is 3.88. The van der Waals surface area contributed by atoms with Gasteiger partial charge in [-0.1, -0.05) is 20.8 Å². The van der Waals surface area contributed by atoms with E-state index in [4.69, 9.17) is 9.16 Å². The maximum absolute atomic E-state index is 12.1. The van der Waals surface area contributed by atoms with E-state index < -0.39 is 20.0 Å². The Balaban J connectivity index is 2.79. The van der Waals surface area contributed by atoms with E-state index in [-0.39, 0.29) is 23.1 Å². The number of aldehydes is 1. The smallest absolute Gasteiger partial charge is 0.407 e. The molecule has 0 unspecified atom stereocenters. The first-order valence-corrected chi connectivity index (χ1v) is 11.3. The number of hydrogen-bond acceptors (Lipinski definition) is 4. The van der Waals surface area contributed by atoms with E-state index in [1.807, 2.05) is 20.8 Å². The highest BCUT2D eigenvalue weighted by atomic mass is 28.4. The van der Waals surface area contributed by atoms with Crippen molar-refractivity contribution < 1.29 is 18.8 Å². The molecule has 1 aliphatic rings. The van der Waals surface area contributed by atoms with E-state index in [1.54, 1.807) is 0 Å². The minimum atomic E-state index is -1.96. The summed E-state index contributed by atoms with van der Waals surface area (Å²) in [5.74, 6) is -0.0651. The molecule has 0 radical (unpaired) electrons. The van der Waals surface area contributed by atoms with E-state index in [0.717, 1.165) is 6.29 Å². The van der Waals surface area contributed by atoms with Gasteiger partial charge in [-0.2, -0.15) is 0 Å². The van der Waals surface area contributed by atoms with Crippen molar-refractivity contribution in [2.24, 2.45) is 5.92 Å². The standard InChI is InChI=1S/C17H33NO4Si/c1-16(2,3)21-15(20)18-13-9-12(11-19)10-14(13)22-23(7,8)17(4,5)6/h11-14H,9-10H2,1-8H3,(H,18,20)/t12-,13+,14-/m0/s1. The first-order chi connectivity index (χ1) is 10.2. The lowest BCUT2D eigenvalue weighted by Gasteiger charge is -2.40. The third kappa shape index (κ3) is 5.92. The fourth-order valence-corrected chi connectivity index (χ4v) is 3.82. The number of rotatable bonds is 4. The molecule has 0 heterocycles. The maximum atomic E-state index is 12.1. The molecule has 0 saturated heterocycles. The summed E-state index contributed by atoms with van der Waals surface area (Å²) in [5, 5.41) is 2.99. The number of ether oxygens (including phenoxy) is 1. The molecule has 1 N–H and O–H groups in total. The third-order valence-corrected chi connectivity index (χ3v) is 9.19. The van der Waals surface area contributed by atoms with Crippen LogP contribution in [-0.2, 0) is 14.0 Å². The summed E-state index contributed by atoms with van der Waals surface area (Å²) in [4.78, 5) is 23.2. The molecule has 134 valence electrons. The molecule has 1 aliphatic carbocycles. The summed E-state index contributed by atoms with van der Waals surface area (Å²) < 4.78 is 11.8. The molecule has 6 heteroatoms. The molecule has 23 heavy (non-hydrogen) atoms. The van der Waals surface area contributed by atoms with Crippen molar-refractivity contribution in [2.45, 2.75) is 90.3 Å². The van der Waals surface area contributed by atoms with E-state index in [0.29, 0.717) is 12.8 Å². The van der Waals surface area contributed by atoms with Crippen LogP contribution in [-0.4, -0.2) is 38.4 Å². The van der Waals surface area contributed by atoms with Crippen LogP contribution in [0.25, 0.3) is 0 Å².